The number of ether oxygens (including phenoxy) is 1. The molecule has 0 atom stereocenters. The Kier molecular flexibility index (Phi) is 4.76. The Morgan fingerprint density at radius 1 is 1.50 bits per heavy atom. The standard InChI is InChI=1S/C10H9BrClNO3/c1-16-10(15)7-3-2-6(11)4-8(7)13-9(14)5-12/h2-4H,5H2,1H3,(H,13,14). The first-order chi connectivity index (χ1) is 7.58. The lowest BCUT2D eigenvalue weighted by atomic mass is 10.2. The molecule has 1 rings (SSSR count). The van der Waals surface area contributed by atoms with Crippen LogP contribution in [-0.4, -0.2) is 24.9 Å². The van der Waals surface area contributed by atoms with Gasteiger partial charge in [0.15, 0.2) is 0 Å². The van der Waals surface area contributed by atoms with Crippen molar-refractivity contribution < 1.29 is 14.3 Å². The summed E-state index contributed by atoms with van der Waals surface area (Å²) in [7, 11) is 1.28. The van der Waals surface area contributed by atoms with E-state index in [9.17, 15) is 9.59 Å². The van der Waals surface area contributed by atoms with E-state index in [4.69, 9.17) is 11.6 Å². The number of alkyl halides is 1. The number of benzene rings is 1. The maximum Gasteiger partial charge on any atom is 0.339 e. The third-order valence-corrected chi connectivity index (χ3v) is 2.52. The van der Waals surface area contributed by atoms with Crippen molar-refractivity contribution in [2.75, 3.05) is 18.3 Å². The molecule has 0 aliphatic heterocycles. The molecule has 0 saturated carbocycles. The van der Waals surface area contributed by atoms with E-state index in [1.165, 1.54) is 7.11 Å². The SMILES string of the molecule is COC(=O)c1ccc(Br)cc1NC(=O)CCl. The van der Waals surface area contributed by atoms with E-state index >= 15 is 0 Å². The largest absolute Gasteiger partial charge is 0.465 e. The number of anilines is 1. The highest BCUT2D eigenvalue weighted by Crippen LogP contribution is 2.22. The van der Waals surface area contributed by atoms with Crippen LogP contribution >= 0.6 is 27.5 Å². The van der Waals surface area contributed by atoms with Crippen molar-refractivity contribution in [3.8, 4) is 0 Å². The highest BCUT2D eigenvalue weighted by Gasteiger charge is 2.13. The fraction of sp³-hybridized carbons (Fsp3) is 0.200. The lowest BCUT2D eigenvalue weighted by Crippen LogP contribution is -2.16. The van der Waals surface area contributed by atoms with E-state index in [1.54, 1.807) is 18.2 Å². The van der Waals surface area contributed by atoms with E-state index in [2.05, 4.69) is 26.0 Å². The summed E-state index contributed by atoms with van der Waals surface area (Å²) >= 11 is 8.61. The second-order valence-corrected chi connectivity index (χ2v) is 4.05. The van der Waals surface area contributed by atoms with Crippen molar-refractivity contribution in [2.45, 2.75) is 0 Å². The van der Waals surface area contributed by atoms with Gasteiger partial charge in [-0.25, -0.2) is 4.79 Å². The molecule has 0 aromatic heterocycles. The molecular weight excluding hydrogens is 297 g/mol. The number of carbonyl (C=O) groups excluding carboxylic acids is 2. The van der Waals surface area contributed by atoms with Crippen molar-refractivity contribution in [1.82, 2.24) is 0 Å². The molecular formula is C10H9BrClNO3. The number of esters is 1. The average molecular weight is 307 g/mol. The van der Waals surface area contributed by atoms with E-state index in [0.717, 1.165) is 4.47 Å². The highest BCUT2D eigenvalue weighted by atomic mass is 79.9. The van der Waals surface area contributed by atoms with Gasteiger partial charge in [-0.3, -0.25) is 4.79 Å². The second kappa shape index (κ2) is 5.86. The van der Waals surface area contributed by atoms with Gasteiger partial charge in [-0.15, -0.1) is 11.6 Å². The van der Waals surface area contributed by atoms with Crippen LogP contribution in [0, 0.1) is 0 Å². The minimum Gasteiger partial charge on any atom is -0.465 e. The van der Waals surface area contributed by atoms with Gasteiger partial charge < -0.3 is 10.1 Å². The average Bonchev–Trinajstić information content (AvgIpc) is 2.28. The van der Waals surface area contributed by atoms with Crippen LogP contribution in [0.1, 0.15) is 10.4 Å². The third-order valence-electron chi connectivity index (χ3n) is 1.78. The summed E-state index contributed by atoms with van der Waals surface area (Å²) < 4.78 is 5.33. The van der Waals surface area contributed by atoms with Crippen LogP contribution in [0.4, 0.5) is 5.69 Å². The number of rotatable bonds is 3. The predicted octanol–water partition coefficient (Wildman–Crippen LogP) is 2.41. The van der Waals surface area contributed by atoms with Crippen LogP contribution in [0.5, 0.6) is 0 Å². The lowest BCUT2D eigenvalue weighted by molar-refractivity contribution is -0.113. The molecule has 4 nitrogen and oxygen atoms in total. The molecule has 0 spiro atoms. The Bertz CT molecular complexity index is 423. The van der Waals surface area contributed by atoms with Gasteiger partial charge in [0.25, 0.3) is 0 Å². The van der Waals surface area contributed by atoms with Crippen molar-refractivity contribution in [2.24, 2.45) is 0 Å². The zero-order valence-corrected chi connectivity index (χ0v) is 10.8. The van der Waals surface area contributed by atoms with Crippen molar-refractivity contribution in [1.29, 1.82) is 0 Å². The summed E-state index contributed by atoms with van der Waals surface area (Å²) in [5.74, 6) is -1.07. The van der Waals surface area contributed by atoms with E-state index in [-0.39, 0.29) is 17.4 Å². The lowest BCUT2D eigenvalue weighted by Gasteiger charge is -2.09. The first-order valence-corrected chi connectivity index (χ1v) is 5.65. The van der Waals surface area contributed by atoms with Crippen LogP contribution in [0.15, 0.2) is 22.7 Å². The molecule has 0 bridgehead atoms. The Morgan fingerprint density at radius 3 is 2.75 bits per heavy atom. The number of amides is 1. The Morgan fingerprint density at radius 2 is 2.19 bits per heavy atom. The van der Waals surface area contributed by atoms with Gasteiger partial charge in [-0.1, -0.05) is 15.9 Å². The molecule has 1 aromatic rings. The van der Waals surface area contributed by atoms with E-state index < -0.39 is 5.97 Å². The van der Waals surface area contributed by atoms with Crippen LogP contribution in [-0.2, 0) is 9.53 Å². The van der Waals surface area contributed by atoms with Gasteiger partial charge in [0.2, 0.25) is 5.91 Å². The quantitative estimate of drug-likeness (QED) is 0.689. The highest BCUT2D eigenvalue weighted by molar-refractivity contribution is 9.10. The Hall–Kier alpha value is -1.07. The fourth-order valence-corrected chi connectivity index (χ4v) is 1.52. The summed E-state index contributed by atoms with van der Waals surface area (Å²) in [4.78, 5) is 22.5. The molecule has 6 heteroatoms. The second-order valence-electron chi connectivity index (χ2n) is 2.86. The molecule has 86 valence electrons. The van der Waals surface area contributed by atoms with Crippen molar-refractivity contribution in [3.63, 3.8) is 0 Å². The maximum atomic E-state index is 11.4. The summed E-state index contributed by atoms with van der Waals surface area (Å²) in [5, 5.41) is 2.51. The Labute approximate surface area is 106 Å². The van der Waals surface area contributed by atoms with E-state index in [1.807, 2.05) is 0 Å². The molecule has 0 aliphatic rings. The minimum atomic E-state index is -0.516. The smallest absolute Gasteiger partial charge is 0.339 e. The topological polar surface area (TPSA) is 55.4 Å². The molecule has 0 fully saturated rings. The molecule has 1 amide bonds. The maximum absolute atomic E-state index is 11.4. The van der Waals surface area contributed by atoms with Gasteiger partial charge in [0.05, 0.1) is 18.4 Å². The molecule has 16 heavy (non-hydrogen) atoms. The Balaban J connectivity index is 3.08. The van der Waals surface area contributed by atoms with E-state index in [0.29, 0.717) is 5.69 Å². The van der Waals surface area contributed by atoms with Crippen LogP contribution in [0.2, 0.25) is 0 Å². The molecule has 0 radical (unpaired) electrons. The van der Waals surface area contributed by atoms with Gasteiger partial charge in [0.1, 0.15) is 5.88 Å². The first-order valence-electron chi connectivity index (χ1n) is 4.32. The summed E-state index contributed by atoms with van der Waals surface area (Å²) in [6.07, 6.45) is 0. The summed E-state index contributed by atoms with van der Waals surface area (Å²) in [6.45, 7) is 0. The first kappa shape index (κ1) is 13.0. The molecule has 1 N–H and O–H groups in total. The monoisotopic (exact) mass is 305 g/mol. The number of carbonyl (C=O) groups is 2. The number of halogens is 2. The summed E-state index contributed by atoms with van der Waals surface area (Å²) in [6, 6.07) is 4.85. The van der Waals surface area contributed by atoms with Gasteiger partial charge >= 0.3 is 5.97 Å². The zero-order chi connectivity index (χ0) is 12.1. The van der Waals surface area contributed by atoms with Crippen molar-refractivity contribution >= 4 is 45.1 Å². The number of nitrogens with one attached hydrogen (secondary N) is 1. The predicted molar refractivity (Wildman–Crippen MR) is 64.8 cm³/mol. The van der Waals surface area contributed by atoms with Gasteiger partial charge in [0, 0.05) is 4.47 Å². The van der Waals surface area contributed by atoms with Crippen LogP contribution < -0.4 is 5.32 Å². The van der Waals surface area contributed by atoms with Crippen molar-refractivity contribution in [3.05, 3.63) is 28.2 Å². The summed E-state index contributed by atoms with van der Waals surface area (Å²) in [5.41, 5.74) is 0.649. The normalized spacial score (nSPS) is 9.69. The molecule has 0 heterocycles. The molecule has 0 unspecified atom stereocenters. The molecule has 0 saturated heterocycles. The minimum absolute atomic E-state index is 0.173. The van der Waals surface area contributed by atoms with Crippen LogP contribution in [0.3, 0.4) is 0 Å². The molecule has 0 aliphatic carbocycles. The zero-order valence-electron chi connectivity index (χ0n) is 8.42. The number of hydrogen-bond acceptors (Lipinski definition) is 3. The van der Waals surface area contributed by atoms with Gasteiger partial charge in [-0.2, -0.15) is 0 Å². The number of methoxy groups -OCH3 is 1. The fourth-order valence-electron chi connectivity index (χ4n) is 1.09. The molecule has 1 aromatic carbocycles. The van der Waals surface area contributed by atoms with Gasteiger partial charge in [-0.05, 0) is 18.2 Å². The van der Waals surface area contributed by atoms with Crippen LogP contribution in [0.25, 0.3) is 0 Å². The number of hydrogen-bond donors (Lipinski definition) is 1. The third kappa shape index (κ3) is 3.21.